The van der Waals surface area contributed by atoms with E-state index in [1.54, 1.807) is 11.3 Å². The first kappa shape index (κ1) is 38.2. The van der Waals surface area contributed by atoms with Crippen LogP contribution in [0.15, 0.2) is 127 Å². The largest absolute Gasteiger partial charge is 0.285 e. The molecule has 10 rings (SSSR count). The van der Waals surface area contributed by atoms with Crippen LogP contribution >= 0.6 is 11.3 Å². The van der Waals surface area contributed by atoms with Gasteiger partial charge in [0.25, 0.3) is 0 Å². The molecule has 281 valence electrons. The van der Waals surface area contributed by atoms with E-state index in [0.29, 0.717) is 0 Å². The van der Waals surface area contributed by atoms with Gasteiger partial charge in [0.05, 0.1) is 22.6 Å². The molecule has 6 aromatic carbocycles. The third-order valence-corrected chi connectivity index (χ3v) is 11.7. The van der Waals surface area contributed by atoms with Crippen LogP contribution in [0, 0.1) is 39.8 Å². The Bertz CT molecular complexity index is 2890. The molecule has 57 heavy (non-hydrogen) atoms. The maximum atomic E-state index is 5.14. The first-order chi connectivity index (χ1) is 27.1. The molecule has 0 amide bonds. The van der Waals surface area contributed by atoms with Gasteiger partial charge in [-0.2, -0.15) is 11.3 Å². The van der Waals surface area contributed by atoms with Gasteiger partial charge in [-0.1, -0.05) is 103 Å². The van der Waals surface area contributed by atoms with E-state index in [4.69, 9.17) is 15.0 Å². The van der Waals surface area contributed by atoms with E-state index in [2.05, 4.69) is 135 Å². The summed E-state index contributed by atoms with van der Waals surface area (Å²) in [7, 11) is 0. The van der Waals surface area contributed by atoms with Crippen molar-refractivity contribution < 1.29 is 20.1 Å². The van der Waals surface area contributed by atoms with E-state index in [-0.39, 0.29) is 25.5 Å². The zero-order valence-corrected chi connectivity index (χ0v) is 35.8. The fourth-order valence-electron chi connectivity index (χ4n) is 7.92. The number of aromatic nitrogens is 5. The summed E-state index contributed by atoms with van der Waals surface area (Å²) in [6.45, 7) is 12.9. The van der Waals surface area contributed by atoms with Crippen LogP contribution < -0.4 is 0 Å². The van der Waals surface area contributed by atoms with Gasteiger partial charge < -0.3 is 0 Å². The van der Waals surface area contributed by atoms with Gasteiger partial charge in [0.15, 0.2) is 0 Å². The monoisotopic (exact) mass is 934 g/mol. The van der Waals surface area contributed by atoms with Crippen LogP contribution in [0.1, 0.15) is 47.5 Å². The quantitative estimate of drug-likeness (QED) is 0.165. The Morgan fingerprint density at radius 2 is 1.26 bits per heavy atom. The van der Waals surface area contributed by atoms with Gasteiger partial charge in [0, 0.05) is 52.2 Å². The number of fused-ring (bicyclic) bond motifs is 5. The fraction of sp³-hybridized carbons (Fsp3) is 0.140. The van der Waals surface area contributed by atoms with E-state index >= 15 is 0 Å². The Balaban J connectivity index is 0.000000167. The van der Waals surface area contributed by atoms with Gasteiger partial charge in [-0.05, 0) is 74.1 Å². The maximum Gasteiger partial charge on any atom is 0.141 e. The summed E-state index contributed by atoms with van der Waals surface area (Å²) in [5, 5.41) is 2.05. The summed E-state index contributed by atoms with van der Waals surface area (Å²) >= 11 is 1.68. The minimum absolute atomic E-state index is 0. The van der Waals surface area contributed by atoms with Crippen LogP contribution in [-0.4, -0.2) is 24.9 Å². The smallest absolute Gasteiger partial charge is 0.141 e. The molecule has 0 spiro atoms. The summed E-state index contributed by atoms with van der Waals surface area (Å²) in [5.41, 5.74) is 16.6. The Labute approximate surface area is 351 Å². The molecule has 3 heterocycles. The number of hydrogen-bond acceptors (Lipinski definition) is 6. The molecule has 7 heteroatoms. The van der Waals surface area contributed by atoms with Crippen molar-refractivity contribution in [3.05, 3.63) is 173 Å². The fourth-order valence-corrected chi connectivity index (χ4v) is 8.86. The summed E-state index contributed by atoms with van der Waals surface area (Å²) in [6, 6.07) is 50.7. The molecule has 0 aliphatic heterocycles. The zero-order chi connectivity index (χ0) is 38.6. The predicted octanol–water partition coefficient (Wildman–Crippen LogP) is 12.5. The second-order valence-corrected chi connectivity index (χ2v) is 16.0. The van der Waals surface area contributed by atoms with Crippen molar-refractivity contribution in [3.8, 4) is 55.7 Å². The number of thiazole rings is 1. The Kier molecular flexibility index (Phi) is 10.3. The van der Waals surface area contributed by atoms with Crippen LogP contribution in [0.2, 0.25) is 0 Å². The standard InChI is InChI=1S/C31H25N2.C19H14N3S.Ir/c1-19-10-9-11-20(2)28(19)29-24-13-6-8-15-27(24)32-30(33-29)21-16-17-23-22-12-5-7-14-25(22)31(3,4)26(23)18-21;1-12-10-13(2)21-18(20-12)14-6-5-7-15(11-14)19-22-16-8-3-4-9-17(16)23-19;/h5-15,17-18H,1-4H3;3-6,8-11H,1-2H3;/q2*-1;. The summed E-state index contributed by atoms with van der Waals surface area (Å²) in [6.07, 6.45) is 0. The van der Waals surface area contributed by atoms with E-state index < -0.39 is 0 Å². The first-order valence-electron chi connectivity index (χ1n) is 18.8. The topological polar surface area (TPSA) is 64.5 Å². The molecule has 0 unspecified atom stereocenters. The minimum Gasteiger partial charge on any atom is -0.285 e. The number of rotatable bonds is 4. The number of nitrogens with zero attached hydrogens (tertiary/aromatic N) is 5. The van der Waals surface area contributed by atoms with Crippen molar-refractivity contribution in [1.82, 2.24) is 24.9 Å². The van der Waals surface area contributed by atoms with Crippen molar-refractivity contribution in [2.24, 2.45) is 0 Å². The van der Waals surface area contributed by atoms with E-state index in [9.17, 15) is 0 Å². The molecule has 5 nitrogen and oxygen atoms in total. The van der Waals surface area contributed by atoms with Crippen LogP contribution in [0.25, 0.3) is 76.9 Å². The van der Waals surface area contributed by atoms with Crippen molar-refractivity contribution in [3.63, 3.8) is 0 Å². The molecule has 9 aromatic rings. The SMILES string of the molecule is Cc1cc(C)nc(-c2cc[c-]c(-c3nc4ccccc4s3)c2)n1.Cc1cccc(C)c1-c1nc(-c2[c-]cc3c(c2)C(C)(C)c2ccccc2-3)nc2ccccc12.[Ir]. The van der Waals surface area contributed by atoms with Gasteiger partial charge in [-0.15, -0.1) is 59.2 Å². The molecule has 0 saturated heterocycles. The normalized spacial score (nSPS) is 12.4. The van der Waals surface area contributed by atoms with Gasteiger partial charge >= 0.3 is 0 Å². The second kappa shape index (κ2) is 15.3. The van der Waals surface area contributed by atoms with E-state index in [1.165, 1.54) is 43.6 Å². The molecule has 0 atom stereocenters. The van der Waals surface area contributed by atoms with E-state index in [1.807, 2.05) is 56.3 Å². The molecule has 0 N–H and O–H groups in total. The third kappa shape index (κ3) is 7.12. The average molecular weight is 934 g/mol. The molecule has 0 fully saturated rings. The summed E-state index contributed by atoms with van der Waals surface area (Å²) in [4.78, 5) is 23.9. The minimum atomic E-state index is -0.0674. The van der Waals surface area contributed by atoms with Gasteiger partial charge in [0.1, 0.15) is 5.82 Å². The van der Waals surface area contributed by atoms with Crippen LogP contribution in [0.4, 0.5) is 0 Å². The van der Waals surface area contributed by atoms with Gasteiger partial charge in [0.2, 0.25) is 0 Å². The number of aryl methyl sites for hydroxylation is 4. The Morgan fingerprint density at radius 1 is 0.561 bits per heavy atom. The number of para-hydroxylation sites is 2. The maximum absolute atomic E-state index is 5.14. The molecule has 1 radical (unpaired) electrons. The van der Waals surface area contributed by atoms with Crippen LogP contribution in [0.5, 0.6) is 0 Å². The molecule has 3 aromatic heterocycles. The van der Waals surface area contributed by atoms with Gasteiger partial charge in [-0.25, -0.2) is 9.97 Å². The van der Waals surface area contributed by atoms with Crippen molar-refractivity contribution >= 4 is 32.5 Å². The first-order valence-corrected chi connectivity index (χ1v) is 19.7. The summed E-state index contributed by atoms with van der Waals surface area (Å²) in [5.74, 6) is 1.47. The van der Waals surface area contributed by atoms with E-state index in [0.717, 1.165) is 66.8 Å². The number of benzene rings is 6. The molecule has 0 saturated carbocycles. The van der Waals surface area contributed by atoms with Crippen LogP contribution in [0.3, 0.4) is 0 Å². The number of hydrogen-bond donors (Lipinski definition) is 0. The molecule has 1 aliphatic rings. The Hall–Kier alpha value is -5.72. The molecular formula is C50H39IrN5S-2. The summed E-state index contributed by atoms with van der Waals surface area (Å²) < 4.78 is 1.18. The predicted molar refractivity (Wildman–Crippen MR) is 231 cm³/mol. The molecule has 0 bridgehead atoms. The molecular weight excluding hydrogens is 895 g/mol. The van der Waals surface area contributed by atoms with Crippen molar-refractivity contribution in [2.45, 2.75) is 47.0 Å². The van der Waals surface area contributed by atoms with Gasteiger partial charge in [-0.3, -0.25) is 15.0 Å². The van der Waals surface area contributed by atoms with Crippen molar-refractivity contribution in [2.75, 3.05) is 0 Å². The average Bonchev–Trinajstić information content (AvgIpc) is 3.74. The van der Waals surface area contributed by atoms with Crippen molar-refractivity contribution in [1.29, 1.82) is 0 Å². The third-order valence-electron chi connectivity index (χ3n) is 10.6. The second-order valence-electron chi connectivity index (χ2n) is 15.0. The molecule has 1 aliphatic carbocycles. The van der Waals surface area contributed by atoms with Crippen LogP contribution in [-0.2, 0) is 25.5 Å². The Morgan fingerprint density at radius 3 is 2.04 bits per heavy atom. The zero-order valence-electron chi connectivity index (χ0n) is 32.6.